The van der Waals surface area contributed by atoms with Crippen LogP contribution in [0.5, 0.6) is 0 Å². The maximum atomic E-state index is 13.7. The van der Waals surface area contributed by atoms with Crippen LogP contribution in [-0.4, -0.2) is 0 Å². The molecule has 0 aliphatic heterocycles. The van der Waals surface area contributed by atoms with E-state index in [-0.39, 0.29) is 0 Å². The summed E-state index contributed by atoms with van der Waals surface area (Å²) in [5, 5.41) is 0. The van der Waals surface area contributed by atoms with E-state index >= 15 is 0 Å². The zero-order chi connectivity index (χ0) is 40.4. The van der Waals surface area contributed by atoms with Crippen molar-refractivity contribution in [3.63, 3.8) is 0 Å². The Bertz CT molecular complexity index is 1630. The number of halogens is 6. The number of rotatable bonds is 16. The van der Waals surface area contributed by atoms with Gasteiger partial charge in [0.15, 0.2) is 0 Å². The van der Waals surface area contributed by atoms with Crippen LogP contribution in [0.3, 0.4) is 0 Å². The first kappa shape index (κ1) is 43.0. The first-order chi connectivity index (χ1) is 27.4. The topological polar surface area (TPSA) is 9.23 Å². The molecule has 0 amide bonds. The summed E-state index contributed by atoms with van der Waals surface area (Å²) in [6, 6.07) is 26.6. The van der Waals surface area contributed by atoms with E-state index in [1.165, 1.54) is 112 Å². The minimum atomic E-state index is -4.50. The molecule has 2 aliphatic rings. The van der Waals surface area contributed by atoms with Crippen molar-refractivity contribution in [2.45, 2.75) is 153 Å². The molecule has 2 fully saturated rings. The lowest BCUT2D eigenvalue weighted by atomic mass is 9.77. The zero-order valence-corrected chi connectivity index (χ0v) is 33.7. The average molecular weight is 791 g/mol. The van der Waals surface area contributed by atoms with E-state index in [4.69, 9.17) is 4.74 Å². The van der Waals surface area contributed by atoms with Gasteiger partial charge in [-0.1, -0.05) is 138 Å². The maximum Gasteiger partial charge on any atom is 0.416 e. The van der Waals surface area contributed by atoms with Crippen molar-refractivity contribution in [3.05, 3.63) is 142 Å². The van der Waals surface area contributed by atoms with Crippen molar-refractivity contribution in [3.8, 4) is 0 Å². The Balaban J connectivity index is 1.28. The summed E-state index contributed by atoms with van der Waals surface area (Å²) in [5.41, 5.74) is 3.61. The number of alkyl halides is 6. The molecule has 4 aromatic carbocycles. The molecule has 0 bridgehead atoms. The van der Waals surface area contributed by atoms with Crippen molar-refractivity contribution < 1.29 is 31.1 Å². The Labute approximate surface area is 336 Å². The zero-order valence-electron chi connectivity index (χ0n) is 33.7. The van der Waals surface area contributed by atoms with E-state index in [9.17, 15) is 26.3 Å². The molecule has 0 saturated heterocycles. The summed E-state index contributed by atoms with van der Waals surface area (Å²) < 4.78 is 89.0. The van der Waals surface area contributed by atoms with Gasteiger partial charge in [0.1, 0.15) is 12.2 Å². The van der Waals surface area contributed by atoms with Crippen molar-refractivity contribution >= 4 is 0 Å². The van der Waals surface area contributed by atoms with Gasteiger partial charge in [-0.3, -0.25) is 0 Å². The molecule has 308 valence electrons. The van der Waals surface area contributed by atoms with Gasteiger partial charge in [0.05, 0.1) is 11.1 Å². The van der Waals surface area contributed by atoms with Crippen molar-refractivity contribution in [2.75, 3.05) is 0 Å². The highest BCUT2D eigenvalue weighted by atomic mass is 19.4. The lowest BCUT2D eigenvalue weighted by molar-refractivity contribution is -0.138. The monoisotopic (exact) mass is 790 g/mol. The van der Waals surface area contributed by atoms with Crippen molar-refractivity contribution in [1.82, 2.24) is 0 Å². The minimum Gasteiger partial charge on any atom is -0.356 e. The Morgan fingerprint density at radius 1 is 0.439 bits per heavy atom. The van der Waals surface area contributed by atoms with Gasteiger partial charge in [-0.15, -0.1) is 0 Å². The van der Waals surface area contributed by atoms with E-state index in [1.54, 1.807) is 0 Å². The van der Waals surface area contributed by atoms with Crippen LogP contribution >= 0.6 is 0 Å². The highest BCUT2D eigenvalue weighted by Gasteiger charge is 2.33. The van der Waals surface area contributed by atoms with Gasteiger partial charge >= 0.3 is 12.4 Å². The lowest BCUT2D eigenvalue weighted by Gasteiger charge is -2.30. The Hall–Kier alpha value is -3.58. The molecule has 0 radical (unpaired) electrons. The number of benzene rings is 4. The molecule has 57 heavy (non-hydrogen) atoms. The van der Waals surface area contributed by atoms with Gasteiger partial charge in [0, 0.05) is 0 Å². The molecular weight excluding hydrogens is 731 g/mol. The molecule has 2 atom stereocenters. The molecule has 0 N–H and O–H groups in total. The molecular formula is C50H60F6O. The van der Waals surface area contributed by atoms with Gasteiger partial charge in [-0.05, 0) is 133 Å². The van der Waals surface area contributed by atoms with Gasteiger partial charge in [-0.25, -0.2) is 0 Å². The maximum absolute atomic E-state index is 13.7. The van der Waals surface area contributed by atoms with Crippen LogP contribution < -0.4 is 0 Å². The standard InChI is InChI=1S/C50H60F6O/c1-3-5-7-9-35-11-15-37(16-12-35)39-19-23-41(24-20-39)47(43-27-31-45(32-28-43)49(51,52)53)57-48(44-29-33-46(34-30-44)50(54,55)56)42-25-21-40(22-26-42)38-17-13-36(14-18-38)10-8-6-4-2/h19-38,47-48H,3-18H2,1-2H3. The van der Waals surface area contributed by atoms with Crippen LogP contribution in [0.4, 0.5) is 26.3 Å². The van der Waals surface area contributed by atoms with Gasteiger partial charge in [-0.2, -0.15) is 26.3 Å². The Morgan fingerprint density at radius 2 is 0.737 bits per heavy atom. The molecule has 2 unspecified atom stereocenters. The normalized spacial score (nSPS) is 21.6. The highest BCUT2D eigenvalue weighted by Crippen LogP contribution is 2.43. The number of unbranched alkanes of at least 4 members (excludes halogenated alkanes) is 4. The van der Waals surface area contributed by atoms with Crippen molar-refractivity contribution in [1.29, 1.82) is 0 Å². The molecule has 7 heteroatoms. The summed E-state index contributed by atoms with van der Waals surface area (Å²) in [5.74, 6) is 2.50. The van der Waals surface area contributed by atoms with Crippen LogP contribution in [0.15, 0.2) is 97.1 Å². The predicted octanol–water partition coefficient (Wildman–Crippen LogP) is 16.3. The fraction of sp³-hybridized carbons (Fsp3) is 0.520. The van der Waals surface area contributed by atoms with Crippen LogP contribution in [0, 0.1) is 11.8 Å². The second kappa shape index (κ2) is 19.9. The first-order valence-corrected chi connectivity index (χ1v) is 21.6. The Morgan fingerprint density at radius 3 is 1.02 bits per heavy atom. The summed E-state index contributed by atoms with van der Waals surface area (Å²) in [6.07, 6.45) is 9.12. The van der Waals surface area contributed by atoms with Gasteiger partial charge < -0.3 is 4.74 Å². The molecule has 0 heterocycles. The van der Waals surface area contributed by atoms with Crippen LogP contribution in [0.2, 0.25) is 0 Å². The third-order valence-corrected chi connectivity index (χ3v) is 12.9. The van der Waals surface area contributed by atoms with Gasteiger partial charge in [0.2, 0.25) is 0 Å². The predicted molar refractivity (Wildman–Crippen MR) is 218 cm³/mol. The van der Waals surface area contributed by atoms with Crippen LogP contribution in [0.25, 0.3) is 0 Å². The van der Waals surface area contributed by atoms with E-state index in [1.807, 2.05) is 24.3 Å². The van der Waals surface area contributed by atoms with E-state index in [0.717, 1.165) is 72.9 Å². The molecule has 0 aromatic heterocycles. The summed E-state index contributed by atoms with van der Waals surface area (Å²) in [4.78, 5) is 0. The first-order valence-electron chi connectivity index (χ1n) is 21.6. The van der Waals surface area contributed by atoms with E-state index in [2.05, 4.69) is 38.1 Å². The smallest absolute Gasteiger partial charge is 0.356 e. The molecule has 4 aromatic rings. The number of hydrogen-bond acceptors (Lipinski definition) is 1. The fourth-order valence-electron chi connectivity index (χ4n) is 9.35. The van der Waals surface area contributed by atoms with Crippen molar-refractivity contribution in [2.24, 2.45) is 11.8 Å². The highest BCUT2D eigenvalue weighted by molar-refractivity contribution is 5.39. The third kappa shape index (κ3) is 11.8. The third-order valence-electron chi connectivity index (χ3n) is 12.9. The summed E-state index contributed by atoms with van der Waals surface area (Å²) in [6.45, 7) is 4.47. The number of hydrogen-bond donors (Lipinski definition) is 0. The SMILES string of the molecule is CCCCCC1CCC(c2ccc(C(OC(c3ccc(C4CCC(CCCCC)CC4)cc3)c3ccc(C(F)(F)F)cc3)c3ccc(C(F)(F)F)cc3)cc2)CC1. The summed E-state index contributed by atoms with van der Waals surface area (Å²) >= 11 is 0. The molecule has 6 rings (SSSR count). The van der Waals surface area contributed by atoms with Crippen LogP contribution in [0.1, 0.15) is 185 Å². The molecule has 2 saturated carbocycles. The molecule has 2 aliphatic carbocycles. The lowest BCUT2D eigenvalue weighted by Crippen LogP contribution is -2.16. The second-order valence-corrected chi connectivity index (χ2v) is 16.9. The second-order valence-electron chi connectivity index (χ2n) is 16.9. The fourth-order valence-corrected chi connectivity index (χ4v) is 9.35. The minimum absolute atomic E-state index is 0.460. The largest absolute Gasteiger partial charge is 0.416 e. The van der Waals surface area contributed by atoms with Gasteiger partial charge in [0.25, 0.3) is 0 Å². The number of ether oxygens (including phenoxy) is 1. The quantitative estimate of drug-likeness (QED) is 0.0811. The van der Waals surface area contributed by atoms with E-state index < -0.39 is 35.7 Å². The molecule has 1 nitrogen and oxygen atoms in total. The average Bonchev–Trinajstić information content (AvgIpc) is 3.22. The van der Waals surface area contributed by atoms with Crippen LogP contribution in [-0.2, 0) is 17.1 Å². The molecule has 0 spiro atoms. The Kier molecular flexibility index (Phi) is 15.0. The summed E-state index contributed by atoms with van der Waals surface area (Å²) in [7, 11) is 0. The van der Waals surface area contributed by atoms with E-state index in [0.29, 0.717) is 23.0 Å².